The van der Waals surface area contributed by atoms with Crippen LogP contribution in [0.4, 0.5) is 0 Å². The van der Waals surface area contributed by atoms with Gasteiger partial charge in [0.25, 0.3) is 0 Å². The molecule has 2 unspecified atom stereocenters. The summed E-state index contributed by atoms with van der Waals surface area (Å²) in [6.07, 6.45) is -2.91. The first kappa shape index (κ1) is 14.5. The SMILES string of the molecule is COC(=O)C(O)C(O)c1cc(C)c(OC)cc1C. The van der Waals surface area contributed by atoms with Crippen LogP contribution in [0, 0.1) is 13.8 Å². The van der Waals surface area contributed by atoms with E-state index in [2.05, 4.69) is 4.74 Å². The van der Waals surface area contributed by atoms with E-state index in [1.165, 1.54) is 0 Å². The smallest absolute Gasteiger partial charge is 0.337 e. The lowest BCUT2D eigenvalue weighted by molar-refractivity contribution is -0.156. The summed E-state index contributed by atoms with van der Waals surface area (Å²) in [6.45, 7) is 3.59. The van der Waals surface area contributed by atoms with Gasteiger partial charge in [-0.1, -0.05) is 0 Å². The zero-order valence-electron chi connectivity index (χ0n) is 10.9. The van der Waals surface area contributed by atoms with Gasteiger partial charge in [0.05, 0.1) is 14.2 Å². The van der Waals surface area contributed by atoms with Crippen molar-refractivity contribution in [1.29, 1.82) is 0 Å². The van der Waals surface area contributed by atoms with E-state index >= 15 is 0 Å². The lowest BCUT2D eigenvalue weighted by Gasteiger charge is -2.19. The van der Waals surface area contributed by atoms with Gasteiger partial charge < -0.3 is 19.7 Å². The zero-order valence-corrected chi connectivity index (χ0v) is 10.9. The largest absolute Gasteiger partial charge is 0.496 e. The lowest BCUT2D eigenvalue weighted by Crippen LogP contribution is -2.29. The number of ether oxygens (including phenoxy) is 2. The van der Waals surface area contributed by atoms with Crippen molar-refractivity contribution in [2.24, 2.45) is 0 Å². The Hall–Kier alpha value is -1.59. The molecule has 0 saturated carbocycles. The number of hydrogen-bond donors (Lipinski definition) is 2. The van der Waals surface area contributed by atoms with Gasteiger partial charge in [-0.3, -0.25) is 0 Å². The minimum absolute atomic E-state index is 0.478. The van der Waals surface area contributed by atoms with Crippen molar-refractivity contribution >= 4 is 5.97 Å². The molecule has 0 aliphatic carbocycles. The Balaban J connectivity index is 3.10. The third kappa shape index (κ3) is 2.80. The molecule has 0 bridgehead atoms. The van der Waals surface area contributed by atoms with Crippen LogP contribution in [0.25, 0.3) is 0 Å². The lowest BCUT2D eigenvalue weighted by atomic mass is 9.97. The van der Waals surface area contributed by atoms with Gasteiger partial charge in [0.1, 0.15) is 11.9 Å². The van der Waals surface area contributed by atoms with Gasteiger partial charge in [-0.25, -0.2) is 4.79 Å². The van der Waals surface area contributed by atoms with Crippen LogP contribution in [0.1, 0.15) is 22.8 Å². The number of aliphatic hydroxyl groups excluding tert-OH is 2. The standard InChI is InChI=1S/C13H18O5/c1-7-6-10(17-3)8(2)5-9(7)11(14)12(15)13(16)18-4/h5-6,11-12,14-15H,1-4H3. The van der Waals surface area contributed by atoms with Gasteiger partial charge in [0.2, 0.25) is 0 Å². The molecule has 2 atom stereocenters. The molecule has 0 aromatic heterocycles. The van der Waals surface area contributed by atoms with Crippen LogP contribution in [0.5, 0.6) is 5.75 Å². The summed E-state index contributed by atoms with van der Waals surface area (Å²) in [7, 11) is 2.71. The molecule has 5 heteroatoms. The summed E-state index contributed by atoms with van der Waals surface area (Å²) in [5.74, 6) is -0.175. The van der Waals surface area contributed by atoms with E-state index in [1.54, 1.807) is 26.2 Å². The van der Waals surface area contributed by atoms with Gasteiger partial charge >= 0.3 is 5.97 Å². The van der Waals surface area contributed by atoms with Gasteiger partial charge in [-0.2, -0.15) is 0 Å². The molecule has 0 heterocycles. The third-order valence-electron chi connectivity index (χ3n) is 2.84. The molecule has 0 radical (unpaired) electrons. The second kappa shape index (κ2) is 5.84. The van der Waals surface area contributed by atoms with E-state index in [9.17, 15) is 15.0 Å². The first-order valence-electron chi connectivity index (χ1n) is 5.51. The maximum Gasteiger partial charge on any atom is 0.337 e. The summed E-state index contributed by atoms with van der Waals surface area (Å²) in [5.41, 5.74) is 2.02. The Labute approximate surface area is 106 Å². The van der Waals surface area contributed by atoms with Crippen LogP contribution < -0.4 is 4.74 Å². The maximum absolute atomic E-state index is 11.2. The van der Waals surface area contributed by atoms with Gasteiger partial charge in [-0.05, 0) is 42.7 Å². The average molecular weight is 254 g/mol. The van der Waals surface area contributed by atoms with Crippen LogP contribution in [0.2, 0.25) is 0 Å². The highest BCUT2D eigenvalue weighted by Gasteiger charge is 2.28. The summed E-state index contributed by atoms with van der Waals surface area (Å²) in [4.78, 5) is 11.2. The van der Waals surface area contributed by atoms with E-state index in [-0.39, 0.29) is 0 Å². The quantitative estimate of drug-likeness (QED) is 0.780. The maximum atomic E-state index is 11.2. The number of hydrogen-bond acceptors (Lipinski definition) is 5. The predicted octanol–water partition coefficient (Wildman–Crippen LogP) is 0.879. The molecule has 1 rings (SSSR count). The topological polar surface area (TPSA) is 76.0 Å². The van der Waals surface area contributed by atoms with Crippen molar-refractivity contribution in [1.82, 2.24) is 0 Å². The molecule has 2 N–H and O–H groups in total. The number of aliphatic hydroxyl groups is 2. The zero-order chi connectivity index (χ0) is 13.9. The second-order valence-corrected chi connectivity index (χ2v) is 4.09. The highest BCUT2D eigenvalue weighted by Crippen LogP contribution is 2.28. The fourth-order valence-corrected chi connectivity index (χ4v) is 1.77. The van der Waals surface area contributed by atoms with Crippen molar-refractivity contribution in [2.75, 3.05) is 14.2 Å². The van der Waals surface area contributed by atoms with E-state index in [4.69, 9.17) is 4.74 Å². The molecule has 18 heavy (non-hydrogen) atoms. The first-order chi connectivity index (χ1) is 8.42. The van der Waals surface area contributed by atoms with Crippen LogP contribution >= 0.6 is 0 Å². The monoisotopic (exact) mass is 254 g/mol. The fraction of sp³-hybridized carbons (Fsp3) is 0.462. The van der Waals surface area contributed by atoms with Crippen LogP contribution in [-0.4, -0.2) is 36.5 Å². The van der Waals surface area contributed by atoms with Gasteiger partial charge in [0, 0.05) is 0 Å². The Morgan fingerprint density at radius 3 is 2.28 bits per heavy atom. The fourth-order valence-electron chi connectivity index (χ4n) is 1.77. The summed E-state index contributed by atoms with van der Waals surface area (Å²) in [6, 6.07) is 3.43. The van der Waals surface area contributed by atoms with Crippen molar-refractivity contribution in [3.05, 3.63) is 28.8 Å². The van der Waals surface area contributed by atoms with Crippen LogP contribution in [0.15, 0.2) is 12.1 Å². The van der Waals surface area contributed by atoms with Crippen molar-refractivity contribution < 1.29 is 24.5 Å². The summed E-state index contributed by atoms with van der Waals surface area (Å²) in [5, 5.41) is 19.6. The number of carbonyl (C=O) groups is 1. The van der Waals surface area contributed by atoms with Gasteiger partial charge in [0.15, 0.2) is 6.10 Å². The van der Waals surface area contributed by atoms with E-state index in [1.807, 2.05) is 6.92 Å². The predicted molar refractivity (Wildman–Crippen MR) is 65.5 cm³/mol. The molecule has 0 fully saturated rings. The number of esters is 1. The molecule has 1 aromatic carbocycles. The number of benzene rings is 1. The minimum atomic E-state index is -1.60. The molecule has 0 aliphatic heterocycles. The Bertz CT molecular complexity index is 441. The molecular weight excluding hydrogens is 236 g/mol. The van der Waals surface area contributed by atoms with Crippen LogP contribution in [-0.2, 0) is 9.53 Å². The first-order valence-corrected chi connectivity index (χ1v) is 5.51. The van der Waals surface area contributed by atoms with E-state index in [0.717, 1.165) is 18.2 Å². The highest BCUT2D eigenvalue weighted by molar-refractivity contribution is 5.75. The Morgan fingerprint density at radius 2 is 1.78 bits per heavy atom. The third-order valence-corrected chi connectivity index (χ3v) is 2.84. The van der Waals surface area contributed by atoms with Crippen LogP contribution in [0.3, 0.4) is 0 Å². The molecule has 0 saturated heterocycles. The summed E-state index contributed by atoms with van der Waals surface area (Å²) < 4.78 is 9.55. The minimum Gasteiger partial charge on any atom is -0.496 e. The average Bonchev–Trinajstić information content (AvgIpc) is 2.38. The second-order valence-electron chi connectivity index (χ2n) is 4.09. The molecule has 5 nitrogen and oxygen atoms in total. The summed E-state index contributed by atoms with van der Waals surface area (Å²) >= 11 is 0. The molecule has 1 aromatic rings. The number of aryl methyl sites for hydroxylation is 2. The van der Waals surface area contributed by atoms with Gasteiger partial charge in [-0.15, -0.1) is 0 Å². The number of rotatable bonds is 4. The van der Waals surface area contributed by atoms with E-state index in [0.29, 0.717) is 11.3 Å². The molecule has 100 valence electrons. The van der Waals surface area contributed by atoms with E-state index < -0.39 is 18.2 Å². The molecular formula is C13H18O5. The molecule has 0 amide bonds. The highest BCUT2D eigenvalue weighted by atomic mass is 16.5. The van der Waals surface area contributed by atoms with Crippen molar-refractivity contribution in [2.45, 2.75) is 26.1 Å². The molecule has 0 spiro atoms. The number of methoxy groups -OCH3 is 2. The Kier molecular flexibility index (Phi) is 4.69. The molecule has 0 aliphatic rings. The normalized spacial score (nSPS) is 13.9. The Morgan fingerprint density at radius 1 is 1.17 bits per heavy atom. The number of carbonyl (C=O) groups excluding carboxylic acids is 1. The van der Waals surface area contributed by atoms with Crippen molar-refractivity contribution in [3.63, 3.8) is 0 Å². The van der Waals surface area contributed by atoms with Crippen molar-refractivity contribution in [3.8, 4) is 5.75 Å².